The molecule has 0 radical (unpaired) electrons. The first kappa shape index (κ1) is 14.7. The van der Waals surface area contributed by atoms with Gasteiger partial charge in [0.25, 0.3) is 0 Å². The van der Waals surface area contributed by atoms with Crippen molar-refractivity contribution in [2.45, 2.75) is 6.42 Å². The van der Waals surface area contributed by atoms with Crippen LogP contribution in [0.4, 0.5) is 0 Å². The van der Waals surface area contributed by atoms with Gasteiger partial charge in [-0.25, -0.2) is 0 Å². The second-order valence-corrected chi connectivity index (χ2v) is 4.08. The average molecular weight is 248 g/mol. The summed E-state index contributed by atoms with van der Waals surface area (Å²) in [4.78, 5) is 0. The van der Waals surface area contributed by atoms with E-state index >= 15 is 0 Å². The Kier molecular flexibility index (Phi) is 6.11. The molecule has 0 amide bonds. The zero-order valence-electron chi connectivity index (χ0n) is 11.3. The van der Waals surface area contributed by atoms with Gasteiger partial charge in [-0.05, 0) is 34.8 Å². The molecule has 0 spiro atoms. The minimum atomic E-state index is 0.810. The highest BCUT2D eigenvalue weighted by atomic mass is 14.0. The maximum absolute atomic E-state index is 4.10. The van der Waals surface area contributed by atoms with Crippen molar-refractivity contribution in [2.24, 2.45) is 0 Å². The Labute approximate surface area is 116 Å². The van der Waals surface area contributed by atoms with Crippen LogP contribution in [-0.2, 0) is 0 Å². The van der Waals surface area contributed by atoms with Crippen LogP contribution in [-0.4, -0.2) is 0 Å². The van der Waals surface area contributed by atoms with Gasteiger partial charge in [-0.1, -0.05) is 74.4 Å². The highest BCUT2D eigenvalue weighted by Crippen LogP contribution is 2.20. The highest BCUT2D eigenvalue weighted by Gasteiger charge is 2.00. The van der Waals surface area contributed by atoms with Gasteiger partial charge in [0, 0.05) is 0 Å². The van der Waals surface area contributed by atoms with Gasteiger partial charge in [-0.15, -0.1) is 6.58 Å². The zero-order valence-corrected chi connectivity index (χ0v) is 11.3. The Bertz CT molecular complexity index is 524. The molecule has 0 nitrogen and oxygen atoms in total. The molecule has 0 aromatic heterocycles. The van der Waals surface area contributed by atoms with Crippen LogP contribution in [0.3, 0.4) is 0 Å². The number of hydrogen-bond acceptors (Lipinski definition) is 0. The van der Waals surface area contributed by atoms with Crippen LogP contribution >= 0.6 is 0 Å². The van der Waals surface area contributed by atoms with E-state index in [0.717, 1.165) is 28.7 Å². The van der Waals surface area contributed by atoms with Crippen LogP contribution in [0.1, 0.15) is 12.0 Å². The first-order chi connectivity index (χ1) is 9.22. The fourth-order valence-electron chi connectivity index (χ4n) is 1.71. The molecule has 0 aliphatic heterocycles. The molecule has 0 aliphatic rings. The van der Waals surface area contributed by atoms with Gasteiger partial charge in [-0.3, -0.25) is 0 Å². The predicted molar refractivity (Wildman–Crippen MR) is 86.9 cm³/mol. The number of benzene rings is 1. The molecule has 1 aromatic rings. The lowest BCUT2D eigenvalue weighted by Crippen LogP contribution is -1.86. The Morgan fingerprint density at radius 3 is 2.11 bits per heavy atom. The SMILES string of the molecule is C=CC/C=C(C=C)/C(C=C)=C/C(=C)c1ccccc1. The van der Waals surface area contributed by atoms with Crippen LogP contribution in [0.15, 0.2) is 98.2 Å². The summed E-state index contributed by atoms with van der Waals surface area (Å²) in [5.41, 5.74) is 4.13. The van der Waals surface area contributed by atoms with E-state index < -0.39 is 0 Å². The van der Waals surface area contributed by atoms with Crippen molar-refractivity contribution in [1.29, 1.82) is 0 Å². The first-order valence-corrected chi connectivity index (χ1v) is 6.25. The van der Waals surface area contributed by atoms with E-state index in [1.54, 1.807) is 0 Å². The molecule has 0 saturated heterocycles. The van der Waals surface area contributed by atoms with Gasteiger partial charge in [0.15, 0.2) is 0 Å². The molecule has 19 heavy (non-hydrogen) atoms. The quantitative estimate of drug-likeness (QED) is 0.441. The lowest BCUT2D eigenvalue weighted by atomic mass is 9.99. The second kappa shape index (κ2) is 7.88. The standard InChI is InChI=1S/C19H20/c1-5-8-12-17(6-2)18(7-3)15-16(4)19-13-10-9-11-14-19/h5-7,9-15H,1-4,8H2/b17-12+,18-15+. The third kappa shape index (κ3) is 4.44. The van der Waals surface area contributed by atoms with Crippen LogP contribution in [0.5, 0.6) is 0 Å². The molecule has 0 aliphatic carbocycles. The molecule has 0 bridgehead atoms. The zero-order chi connectivity index (χ0) is 14.1. The van der Waals surface area contributed by atoms with E-state index in [0.29, 0.717) is 0 Å². The summed E-state index contributed by atoms with van der Waals surface area (Å²) < 4.78 is 0. The summed E-state index contributed by atoms with van der Waals surface area (Å²) in [6.07, 6.45) is 10.4. The molecule has 0 atom stereocenters. The molecule has 1 rings (SSSR count). The average Bonchev–Trinajstić information content (AvgIpc) is 2.47. The lowest BCUT2D eigenvalue weighted by molar-refractivity contribution is 1.36. The largest absolute Gasteiger partial charge is 0.103 e. The van der Waals surface area contributed by atoms with Gasteiger partial charge in [-0.2, -0.15) is 0 Å². The van der Waals surface area contributed by atoms with Crippen molar-refractivity contribution in [2.75, 3.05) is 0 Å². The fraction of sp³-hybridized carbons (Fsp3) is 0.0526. The monoisotopic (exact) mass is 248 g/mol. The van der Waals surface area contributed by atoms with Crippen LogP contribution in [0, 0.1) is 0 Å². The molecule has 0 heteroatoms. The van der Waals surface area contributed by atoms with E-state index in [1.165, 1.54) is 0 Å². The molecule has 0 saturated carbocycles. The summed E-state index contributed by atoms with van der Waals surface area (Å²) in [5.74, 6) is 0. The minimum Gasteiger partial charge on any atom is -0.103 e. The summed E-state index contributed by atoms with van der Waals surface area (Å²) in [7, 11) is 0. The van der Waals surface area contributed by atoms with Gasteiger partial charge in [0.2, 0.25) is 0 Å². The molecule has 0 fully saturated rings. The molecular formula is C19H20. The maximum Gasteiger partial charge on any atom is -0.0163 e. The number of rotatable bonds is 7. The lowest BCUT2D eigenvalue weighted by Gasteiger charge is -2.06. The van der Waals surface area contributed by atoms with Crippen molar-refractivity contribution < 1.29 is 0 Å². The van der Waals surface area contributed by atoms with Crippen molar-refractivity contribution in [3.05, 3.63) is 104 Å². The van der Waals surface area contributed by atoms with Crippen LogP contribution in [0.2, 0.25) is 0 Å². The predicted octanol–water partition coefficient (Wildman–Crippen LogP) is 5.50. The topological polar surface area (TPSA) is 0 Å². The molecular weight excluding hydrogens is 228 g/mol. The van der Waals surface area contributed by atoms with Crippen molar-refractivity contribution in [3.63, 3.8) is 0 Å². The molecule has 0 heterocycles. The third-order valence-corrected chi connectivity index (χ3v) is 2.75. The van der Waals surface area contributed by atoms with Gasteiger partial charge in [0.1, 0.15) is 0 Å². The highest BCUT2D eigenvalue weighted by molar-refractivity contribution is 5.75. The summed E-state index contributed by atoms with van der Waals surface area (Å²) in [6.45, 7) is 15.5. The maximum atomic E-state index is 4.10. The Morgan fingerprint density at radius 1 is 0.947 bits per heavy atom. The van der Waals surface area contributed by atoms with Crippen molar-refractivity contribution >= 4 is 5.57 Å². The minimum absolute atomic E-state index is 0.810. The summed E-state index contributed by atoms with van der Waals surface area (Å²) in [6, 6.07) is 10.1. The number of allylic oxidation sites excluding steroid dienone is 8. The van der Waals surface area contributed by atoms with Crippen molar-refractivity contribution in [3.8, 4) is 0 Å². The van der Waals surface area contributed by atoms with E-state index in [4.69, 9.17) is 0 Å². The van der Waals surface area contributed by atoms with Gasteiger partial charge >= 0.3 is 0 Å². The Morgan fingerprint density at radius 2 is 1.58 bits per heavy atom. The van der Waals surface area contributed by atoms with E-state index in [-0.39, 0.29) is 0 Å². The number of hydrogen-bond donors (Lipinski definition) is 0. The fourth-order valence-corrected chi connectivity index (χ4v) is 1.71. The van der Waals surface area contributed by atoms with Gasteiger partial charge < -0.3 is 0 Å². The Hall–Kier alpha value is -2.34. The van der Waals surface area contributed by atoms with E-state index in [2.05, 4.69) is 32.4 Å². The summed E-state index contributed by atoms with van der Waals surface area (Å²) in [5, 5.41) is 0. The molecule has 0 unspecified atom stereocenters. The van der Waals surface area contributed by atoms with E-state index in [9.17, 15) is 0 Å². The summed E-state index contributed by atoms with van der Waals surface area (Å²) >= 11 is 0. The van der Waals surface area contributed by atoms with E-state index in [1.807, 2.05) is 54.6 Å². The molecule has 1 aromatic carbocycles. The van der Waals surface area contributed by atoms with Crippen LogP contribution in [0.25, 0.3) is 5.57 Å². The van der Waals surface area contributed by atoms with Crippen LogP contribution < -0.4 is 0 Å². The van der Waals surface area contributed by atoms with Crippen molar-refractivity contribution in [1.82, 2.24) is 0 Å². The molecule has 0 N–H and O–H groups in total. The normalized spacial score (nSPS) is 11.8. The smallest absolute Gasteiger partial charge is 0.0163 e. The third-order valence-electron chi connectivity index (χ3n) is 2.75. The first-order valence-electron chi connectivity index (χ1n) is 6.25. The van der Waals surface area contributed by atoms with Gasteiger partial charge in [0.05, 0.1) is 0 Å². The Balaban J connectivity index is 3.05. The second-order valence-electron chi connectivity index (χ2n) is 4.08. The molecule has 96 valence electrons.